The van der Waals surface area contributed by atoms with Crippen molar-refractivity contribution in [2.24, 2.45) is 0 Å². The van der Waals surface area contributed by atoms with Crippen LogP contribution in [0.3, 0.4) is 0 Å². The molecule has 0 aromatic carbocycles. The molecule has 4 nitrogen and oxygen atoms in total. The number of hydrogen-bond donors (Lipinski definition) is 2. The highest BCUT2D eigenvalue weighted by atomic mass is 28.4. The van der Waals surface area contributed by atoms with Crippen LogP contribution >= 0.6 is 0 Å². The maximum atomic E-state index is 11.0. The molecular formula is C28H58O4Si. The van der Waals surface area contributed by atoms with Crippen LogP contribution in [0.25, 0.3) is 0 Å². The summed E-state index contributed by atoms with van der Waals surface area (Å²) in [5.41, 5.74) is 0. The molecule has 198 valence electrons. The van der Waals surface area contributed by atoms with Gasteiger partial charge < -0.3 is 14.6 Å². The van der Waals surface area contributed by atoms with Crippen LogP contribution in [0.1, 0.15) is 143 Å². The number of aliphatic hydroxyl groups is 1. The summed E-state index contributed by atoms with van der Waals surface area (Å²) in [6.45, 7) is 13.4. The maximum Gasteiger partial charge on any atom is 0.305 e. The van der Waals surface area contributed by atoms with Gasteiger partial charge in [-0.05, 0) is 31.0 Å². The molecule has 0 aliphatic rings. The summed E-state index contributed by atoms with van der Waals surface area (Å²) in [4.78, 5) is 11.0. The van der Waals surface area contributed by atoms with E-state index in [2.05, 4.69) is 40.8 Å². The second kappa shape index (κ2) is 18.9. The van der Waals surface area contributed by atoms with E-state index in [-0.39, 0.29) is 17.6 Å². The molecule has 33 heavy (non-hydrogen) atoms. The first kappa shape index (κ1) is 32.6. The number of carboxylic acid groups (broad SMARTS) is 1. The SMILES string of the molecule is CCCCCCCCCCCCCCCCC[C@H](C[C@@H](O)CC(=O)O)O[Si](C)(C)C(C)(C)C. The van der Waals surface area contributed by atoms with Crippen LogP contribution in [-0.4, -0.2) is 36.7 Å². The molecule has 0 aliphatic heterocycles. The predicted molar refractivity (Wildman–Crippen MR) is 144 cm³/mol. The molecule has 0 amide bonds. The Bertz CT molecular complexity index is 473. The lowest BCUT2D eigenvalue weighted by Crippen LogP contribution is -2.44. The lowest BCUT2D eigenvalue weighted by atomic mass is 10.0. The van der Waals surface area contributed by atoms with Crippen LogP contribution in [0.4, 0.5) is 0 Å². The number of carboxylic acids is 1. The molecule has 0 rings (SSSR count). The van der Waals surface area contributed by atoms with Crippen LogP contribution in [0, 0.1) is 0 Å². The molecule has 2 atom stereocenters. The molecule has 0 unspecified atom stereocenters. The van der Waals surface area contributed by atoms with E-state index >= 15 is 0 Å². The number of aliphatic carboxylic acids is 1. The van der Waals surface area contributed by atoms with Crippen LogP contribution in [0.5, 0.6) is 0 Å². The van der Waals surface area contributed by atoms with Crippen molar-refractivity contribution in [2.75, 3.05) is 0 Å². The normalized spacial score (nSPS) is 14.4. The molecule has 0 bridgehead atoms. The van der Waals surface area contributed by atoms with E-state index in [4.69, 9.17) is 9.53 Å². The van der Waals surface area contributed by atoms with Gasteiger partial charge in [0.25, 0.3) is 0 Å². The summed E-state index contributed by atoms with van der Waals surface area (Å²) in [7, 11) is -1.94. The zero-order valence-electron chi connectivity index (χ0n) is 23.1. The molecule has 0 fully saturated rings. The van der Waals surface area contributed by atoms with Crippen molar-refractivity contribution in [1.82, 2.24) is 0 Å². The van der Waals surface area contributed by atoms with Gasteiger partial charge >= 0.3 is 5.97 Å². The average Bonchev–Trinajstić information content (AvgIpc) is 2.69. The van der Waals surface area contributed by atoms with E-state index < -0.39 is 20.4 Å². The highest BCUT2D eigenvalue weighted by Gasteiger charge is 2.39. The highest BCUT2D eigenvalue weighted by molar-refractivity contribution is 6.74. The summed E-state index contributed by atoms with van der Waals surface area (Å²) in [5.74, 6) is -0.944. The first-order valence-electron chi connectivity index (χ1n) is 14.1. The molecule has 5 heteroatoms. The van der Waals surface area contributed by atoms with E-state index in [1.807, 2.05) is 0 Å². The van der Waals surface area contributed by atoms with Gasteiger partial charge in [-0.2, -0.15) is 0 Å². The Morgan fingerprint density at radius 3 is 1.55 bits per heavy atom. The Balaban J connectivity index is 3.99. The van der Waals surface area contributed by atoms with E-state index in [1.165, 1.54) is 89.9 Å². The monoisotopic (exact) mass is 486 g/mol. The van der Waals surface area contributed by atoms with Gasteiger partial charge in [-0.25, -0.2) is 0 Å². The van der Waals surface area contributed by atoms with Crippen molar-refractivity contribution in [2.45, 2.75) is 174 Å². The quantitative estimate of drug-likeness (QED) is 0.118. The zero-order chi connectivity index (χ0) is 25.2. The Morgan fingerprint density at radius 2 is 1.18 bits per heavy atom. The number of carbonyl (C=O) groups is 1. The molecule has 0 aromatic heterocycles. The van der Waals surface area contributed by atoms with Crippen molar-refractivity contribution in [3.63, 3.8) is 0 Å². The predicted octanol–water partition coefficient (Wildman–Crippen LogP) is 8.86. The minimum atomic E-state index is -1.94. The molecule has 0 aliphatic carbocycles. The van der Waals surface area contributed by atoms with Crippen molar-refractivity contribution >= 4 is 14.3 Å². The first-order chi connectivity index (χ1) is 15.5. The lowest BCUT2D eigenvalue weighted by molar-refractivity contribution is -0.139. The fraction of sp³-hybridized carbons (Fsp3) is 0.964. The standard InChI is InChI=1S/C28H58O4Si/c1-7-8-9-10-11-12-13-14-15-16-17-18-19-20-21-22-26(23-25(29)24-27(30)31)32-33(5,6)28(2,3)4/h25-26,29H,7-24H2,1-6H3,(H,30,31)/t25-,26-/m1/s1. The fourth-order valence-electron chi connectivity index (χ4n) is 4.15. The molecule has 0 spiro atoms. The summed E-state index contributed by atoms with van der Waals surface area (Å²) in [6, 6.07) is 0. The topological polar surface area (TPSA) is 66.8 Å². The van der Waals surface area contributed by atoms with E-state index in [0.717, 1.165) is 12.8 Å². The molecule has 0 aromatic rings. The smallest absolute Gasteiger partial charge is 0.305 e. The number of aliphatic hydroxyl groups excluding tert-OH is 1. The summed E-state index contributed by atoms with van der Waals surface area (Å²) in [6.07, 6.45) is 20.5. The third kappa shape index (κ3) is 18.6. The van der Waals surface area contributed by atoms with Crippen molar-refractivity contribution in [3.05, 3.63) is 0 Å². The van der Waals surface area contributed by atoms with E-state index in [9.17, 15) is 9.90 Å². The lowest BCUT2D eigenvalue weighted by Gasteiger charge is -2.39. The molecule has 0 radical (unpaired) electrons. The summed E-state index contributed by atoms with van der Waals surface area (Å²) < 4.78 is 6.56. The zero-order valence-corrected chi connectivity index (χ0v) is 24.1. The second-order valence-electron chi connectivity index (χ2n) is 11.7. The molecular weight excluding hydrogens is 428 g/mol. The molecule has 0 saturated carbocycles. The Morgan fingerprint density at radius 1 is 0.788 bits per heavy atom. The van der Waals surface area contributed by atoms with Gasteiger partial charge in [0, 0.05) is 6.10 Å². The number of unbranched alkanes of at least 4 members (excludes halogenated alkanes) is 14. The minimum Gasteiger partial charge on any atom is -0.481 e. The number of hydrogen-bond acceptors (Lipinski definition) is 3. The van der Waals surface area contributed by atoms with Gasteiger partial charge in [0.1, 0.15) is 0 Å². The van der Waals surface area contributed by atoms with Crippen molar-refractivity contribution < 1.29 is 19.4 Å². The molecule has 0 heterocycles. The largest absolute Gasteiger partial charge is 0.481 e. The summed E-state index contributed by atoms with van der Waals surface area (Å²) >= 11 is 0. The molecule has 2 N–H and O–H groups in total. The van der Waals surface area contributed by atoms with Gasteiger partial charge in [-0.1, -0.05) is 124 Å². The maximum absolute atomic E-state index is 11.0. The van der Waals surface area contributed by atoms with Crippen LogP contribution in [0.15, 0.2) is 0 Å². The third-order valence-corrected chi connectivity index (χ3v) is 11.9. The average molecular weight is 487 g/mol. The van der Waals surface area contributed by atoms with E-state index in [1.54, 1.807) is 0 Å². The first-order valence-corrected chi connectivity index (χ1v) is 17.0. The second-order valence-corrected chi connectivity index (χ2v) is 16.5. The Hall–Kier alpha value is -0.393. The van der Waals surface area contributed by atoms with Gasteiger partial charge in [-0.15, -0.1) is 0 Å². The minimum absolute atomic E-state index is 0.0396. The number of rotatable bonds is 22. The summed E-state index contributed by atoms with van der Waals surface area (Å²) in [5, 5.41) is 19.3. The Labute approximate surface area is 207 Å². The third-order valence-electron chi connectivity index (χ3n) is 7.34. The van der Waals surface area contributed by atoms with Gasteiger partial charge in [0.05, 0.1) is 12.5 Å². The highest BCUT2D eigenvalue weighted by Crippen LogP contribution is 2.38. The van der Waals surface area contributed by atoms with Crippen LogP contribution in [-0.2, 0) is 9.22 Å². The Kier molecular flexibility index (Phi) is 18.6. The van der Waals surface area contributed by atoms with Crippen molar-refractivity contribution in [3.8, 4) is 0 Å². The van der Waals surface area contributed by atoms with Gasteiger partial charge in [0.2, 0.25) is 0 Å². The van der Waals surface area contributed by atoms with Gasteiger partial charge in [-0.3, -0.25) is 4.79 Å². The van der Waals surface area contributed by atoms with Crippen molar-refractivity contribution in [1.29, 1.82) is 0 Å². The fourth-order valence-corrected chi connectivity index (χ4v) is 5.55. The van der Waals surface area contributed by atoms with Crippen LogP contribution in [0.2, 0.25) is 18.1 Å². The van der Waals surface area contributed by atoms with Gasteiger partial charge in [0.15, 0.2) is 8.32 Å². The van der Waals surface area contributed by atoms with Crippen LogP contribution < -0.4 is 0 Å². The molecule has 0 saturated heterocycles. The van der Waals surface area contributed by atoms with E-state index in [0.29, 0.717) is 6.42 Å².